The SMILES string of the molecule is CCC1CC1Nc1cc(Cl)c(F)cc1N. The fourth-order valence-electron chi connectivity index (χ4n) is 1.76. The molecule has 2 nitrogen and oxygen atoms in total. The molecular weight excluding hydrogens is 215 g/mol. The first-order valence-corrected chi connectivity index (χ1v) is 5.50. The second-order valence-electron chi connectivity index (χ2n) is 4.01. The molecule has 2 rings (SSSR count). The van der Waals surface area contributed by atoms with Gasteiger partial charge in [-0.1, -0.05) is 24.9 Å². The summed E-state index contributed by atoms with van der Waals surface area (Å²) in [6.07, 6.45) is 2.32. The Kier molecular flexibility index (Phi) is 2.74. The van der Waals surface area contributed by atoms with Crippen molar-refractivity contribution in [1.29, 1.82) is 0 Å². The van der Waals surface area contributed by atoms with E-state index < -0.39 is 5.82 Å². The summed E-state index contributed by atoms with van der Waals surface area (Å²) in [5.74, 6) is 0.246. The number of halogens is 2. The number of nitrogen functional groups attached to an aromatic ring is 1. The van der Waals surface area contributed by atoms with Crippen LogP contribution in [-0.2, 0) is 0 Å². The Balaban J connectivity index is 2.12. The van der Waals surface area contributed by atoms with Gasteiger partial charge in [-0.15, -0.1) is 0 Å². The van der Waals surface area contributed by atoms with Crippen LogP contribution < -0.4 is 11.1 Å². The molecule has 1 saturated carbocycles. The monoisotopic (exact) mass is 228 g/mol. The Bertz CT molecular complexity index is 381. The molecule has 1 aliphatic rings. The van der Waals surface area contributed by atoms with Gasteiger partial charge in [0.15, 0.2) is 0 Å². The summed E-state index contributed by atoms with van der Waals surface area (Å²) in [5.41, 5.74) is 6.85. The molecule has 1 aliphatic carbocycles. The quantitative estimate of drug-likeness (QED) is 0.780. The van der Waals surface area contributed by atoms with E-state index in [1.54, 1.807) is 6.07 Å². The van der Waals surface area contributed by atoms with E-state index in [1.807, 2.05) is 0 Å². The highest BCUT2D eigenvalue weighted by atomic mass is 35.5. The van der Waals surface area contributed by atoms with E-state index in [0.29, 0.717) is 17.6 Å². The van der Waals surface area contributed by atoms with E-state index in [2.05, 4.69) is 12.2 Å². The van der Waals surface area contributed by atoms with Crippen molar-refractivity contribution in [2.45, 2.75) is 25.8 Å². The van der Waals surface area contributed by atoms with Gasteiger partial charge >= 0.3 is 0 Å². The number of benzene rings is 1. The molecule has 15 heavy (non-hydrogen) atoms. The van der Waals surface area contributed by atoms with Crippen molar-refractivity contribution in [1.82, 2.24) is 0 Å². The minimum atomic E-state index is -0.470. The van der Waals surface area contributed by atoms with Crippen molar-refractivity contribution in [2.24, 2.45) is 5.92 Å². The van der Waals surface area contributed by atoms with Gasteiger partial charge in [-0.3, -0.25) is 0 Å². The number of anilines is 2. The van der Waals surface area contributed by atoms with Crippen LogP contribution in [0.25, 0.3) is 0 Å². The molecule has 1 aromatic carbocycles. The van der Waals surface area contributed by atoms with Crippen molar-refractivity contribution in [3.05, 3.63) is 23.0 Å². The molecule has 0 aliphatic heterocycles. The van der Waals surface area contributed by atoms with Crippen LogP contribution in [-0.4, -0.2) is 6.04 Å². The topological polar surface area (TPSA) is 38.0 Å². The second kappa shape index (κ2) is 3.89. The normalized spacial score (nSPS) is 23.9. The van der Waals surface area contributed by atoms with Gasteiger partial charge < -0.3 is 11.1 Å². The highest BCUT2D eigenvalue weighted by Crippen LogP contribution is 2.38. The largest absolute Gasteiger partial charge is 0.397 e. The lowest BCUT2D eigenvalue weighted by Crippen LogP contribution is -2.07. The smallest absolute Gasteiger partial charge is 0.143 e. The maximum Gasteiger partial charge on any atom is 0.143 e. The van der Waals surface area contributed by atoms with Crippen molar-refractivity contribution >= 4 is 23.0 Å². The highest BCUT2D eigenvalue weighted by molar-refractivity contribution is 6.31. The van der Waals surface area contributed by atoms with Crippen LogP contribution in [0.1, 0.15) is 19.8 Å². The fourth-order valence-corrected chi connectivity index (χ4v) is 1.93. The van der Waals surface area contributed by atoms with E-state index in [1.165, 1.54) is 6.07 Å². The molecule has 1 fully saturated rings. The van der Waals surface area contributed by atoms with Crippen molar-refractivity contribution < 1.29 is 4.39 Å². The fraction of sp³-hybridized carbons (Fsp3) is 0.455. The molecule has 0 aromatic heterocycles. The number of rotatable bonds is 3. The van der Waals surface area contributed by atoms with Gasteiger partial charge in [0.1, 0.15) is 5.82 Å². The van der Waals surface area contributed by atoms with Gasteiger partial charge in [0, 0.05) is 12.1 Å². The summed E-state index contributed by atoms with van der Waals surface area (Å²) in [7, 11) is 0. The predicted octanol–water partition coefficient (Wildman–Crippen LogP) is 3.27. The third-order valence-electron chi connectivity index (χ3n) is 2.88. The molecule has 0 heterocycles. The first kappa shape index (κ1) is 10.6. The average Bonchev–Trinajstić information content (AvgIpc) is 2.93. The lowest BCUT2D eigenvalue weighted by atomic mass is 10.2. The molecule has 0 radical (unpaired) electrons. The Morgan fingerprint density at radius 2 is 2.33 bits per heavy atom. The van der Waals surface area contributed by atoms with Gasteiger partial charge in [-0.05, 0) is 18.4 Å². The van der Waals surface area contributed by atoms with Crippen LogP contribution in [0.2, 0.25) is 5.02 Å². The predicted molar refractivity (Wildman–Crippen MR) is 61.6 cm³/mol. The number of hydrogen-bond donors (Lipinski definition) is 2. The zero-order valence-electron chi connectivity index (χ0n) is 8.56. The van der Waals surface area contributed by atoms with Crippen LogP contribution in [0, 0.1) is 11.7 Å². The van der Waals surface area contributed by atoms with Gasteiger partial charge in [0.2, 0.25) is 0 Å². The first-order chi connectivity index (χ1) is 7.11. The first-order valence-electron chi connectivity index (χ1n) is 5.13. The van der Waals surface area contributed by atoms with Crippen molar-refractivity contribution in [2.75, 3.05) is 11.1 Å². The van der Waals surface area contributed by atoms with Crippen LogP contribution in [0.15, 0.2) is 12.1 Å². The van der Waals surface area contributed by atoms with Gasteiger partial charge in [-0.2, -0.15) is 0 Å². The molecule has 0 saturated heterocycles. The maximum atomic E-state index is 13.0. The Morgan fingerprint density at radius 1 is 1.60 bits per heavy atom. The van der Waals surface area contributed by atoms with Crippen LogP contribution in [0.4, 0.5) is 15.8 Å². The van der Waals surface area contributed by atoms with E-state index in [0.717, 1.165) is 18.5 Å². The number of hydrogen-bond acceptors (Lipinski definition) is 2. The van der Waals surface area contributed by atoms with Crippen molar-refractivity contribution in [3.63, 3.8) is 0 Å². The van der Waals surface area contributed by atoms with E-state index in [9.17, 15) is 4.39 Å². The van der Waals surface area contributed by atoms with Gasteiger partial charge in [-0.25, -0.2) is 4.39 Å². The minimum absolute atomic E-state index is 0.111. The highest BCUT2D eigenvalue weighted by Gasteiger charge is 2.35. The van der Waals surface area contributed by atoms with Crippen LogP contribution in [0.5, 0.6) is 0 Å². The van der Waals surface area contributed by atoms with Gasteiger partial charge in [0.05, 0.1) is 16.4 Å². The number of nitrogens with two attached hydrogens (primary N) is 1. The summed E-state index contributed by atoms with van der Waals surface area (Å²) in [6.45, 7) is 2.16. The molecule has 0 spiro atoms. The summed E-state index contributed by atoms with van der Waals surface area (Å²) in [6, 6.07) is 3.28. The molecular formula is C11H14ClFN2. The molecule has 82 valence electrons. The molecule has 0 amide bonds. The third-order valence-corrected chi connectivity index (χ3v) is 3.17. The summed E-state index contributed by atoms with van der Waals surface area (Å²) in [5, 5.41) is 3.39. The summed E-state index contributed by atoms with van der Waals surface area (Å²) < 4.78 is 13.0. The Morgan fingerprint density at radius 3 is 2.93 bits per heavy atom. The molecule has 2 atom stereocenters. The molecule has 0 bridgehead atoms. The maximum absolute atomic E-state index is 13.0. The van der Waals surface area contributed by atoms with E-state index >= 15 is 0 Å². The van der Waals surface area contributed by atoms with Crippen LogP contribution >= 0.6 is 11.6 Å². The summed E-state index contributed by atoms with van der Waals surface area (Å²) >= 11 is 5.69. The lowest BCUT2D eigenvalue weighted by Gasteiger charge is -2.09. The van der Waals surface area contributed by atoms with Crippen LogP contribution in [0.3, 0.4) is 0 Å². The Hall–Kier alpha value is -0.960. The minimum Gasteiger partial charge on any atom is -0.397 e. The zero-order valence-corrected chi connectivity index (χ0v) is 9.31. The third kappa shape index (κ3) is 2.17. The number of nitrogens with one attached hydrogen (secondary N) is 1. The van der Waals surface area contributed by atoms with Gasteiger partial charge in [0.25, 0.3) is 0 Å². The average molecular weight is 229 g/mol. The molecule has 2 unspecified atom stereocenters. The Labute approximate surface area is 93.6 Å². The summed E-state index contributed by atoms with van der Waals surface area (Å²) in [4.78, 5) is 0. The van der Waals surface area contributed by atoms with Crippen molar-refractivity contribution in [3.8, 4) is 0 Å². The molecule has 4 heteroatoms. The standard InChI is InChI=1S/C11H14ClFN2/c1-2-6-3-10(6)15-11-4-7(12)8(13)5-9(11)14/h4-6,10,15H,2-3,14H2,1H3. The molecule has 1 aromatic rings. The zero-order chi connectivity index (χ0) is 11.0. The molecule has 3 N–H and O–H groups in total. The lowest BCUT2D eigenvalue weighted by molar-refractivity contribution is 0.629. The second-order valence-corrected chi connectivity index (χ2v) is 4.42. The van der Waals surface area contributed by atoms with E-state index in [4.69, 9.17) is 17.3 Å². The van der Waals surface area contributed by atoms with E-state index in [-0.39, 0.29) is 5.02 Å².